The molecule has 0 fully saturated rings. The third kappa shape index (κ3) is 4.68. The molecule has 0 saturated heterocycles. The highest BCUT2D eigenvalue weighted by molar-refractivity contribution is 7.10. The molecule has 17 heavy (non-hydrogen) atoms. The second-order valence-electron chi connectivity index (χ2n) is 3.47. The number of carboxylic acids is 1. The average molecular weight is 270 g/mol. The van der Waals surface area contributed by atoms with E-state index in [4.69, 9.17) is 10.2 Å². The number of carbonyl (C=O) groups is 1. The van der Waals surface area contributed by atoms with E-state index in [1.54, 1.807) is 22.8 Å². The number of hydrogen-bond donors (Lipinski definition) is 2. The van der Waals surface area contributed by atoms with Crippen molar-refractivity contribution in [3.05, 3.63) is 43.8 Å². The van der Waals surface area contributed by atoms with E-state index in [9.17, 15) is 4.79 Å². The lowest BCUT2D eigenvalue weighted by Crippen LogP contribution is -1.91. The van der Waals surface area contributed by atoms with Crippen molar-refractivity contribution < 1.29 is 15.0 Å². The number of aliphatic hydroxyl groups is 1. The fourth-order valence-corrected chi connectivity index (χ4v) is 2.51. The summed E-state index contributed by atoms with van der Waals surface area (Å²) in [7, 11) is 0. The smallest absolute Gasteiger partial charge is 0.336 e. The molecule has 0 atom stereocenters. The van der Waals surface area contributed by atoms with Crippen LogP contribution in [0.25, 0.3) is 0 Å². The molecular formula is C12H14O3S2. The standard InChI is InChI=1S/C6H6O2S.C6H8OS/c1-4-2-5(3-9-4)6(7)8;1-5-2-6(3-7)4-8-5/h2-3H,1H3,(H,7,8);2,4,7H,3H2,1H3. The summed E-state index contributed by atoms with van der Waals surface area (Å²) in [5, 5.41) is 20.6. The SMILES string of the molecule is Cc1cc(C(=O)O)cs1.Cc1cc(CO)cs1. The molecule has 0 amide bonds. The van der Waals surface area contributed by atoms with E-state index in [1.807, 2.05) is 25.3 Å². The number of carboxylic acid groups (broad SMARTS) is 1. The van der Waals surface area contributed by atoms with Crippen molar-refractivity contribution in [2.24, 2.45) is 0 Å². The van der Waals surface area contributed by atoms with Crippen LogP contribution in [-0.2, 0) is 6.61 Å². The number of aromatic carboxylic acids is 1. The predicted molar refractivity (Wildman–Crippen MR) is 71.0 cm³/mol. The van der Waals surface area contributed by atoms with E-state index in [1.165, 1.54) is 16.2 Å². The molecule has 0 unspecified atom stereocenters. The van der Waals surface area contributed by atoms with Gasteiger partial charge in [-0.1, -0.05) is 0 Å². The monoisotopic (exact) mass is 270 g/mol. The van der Waals surface area contributed by atoms with Gasteiger partial charge in [0.1, 0.15) is 0 Å². The molecule has 0 aromatic carbocycles. The van der Waals surface area contributed by atoms with Crippen molar-refractivity contribution >= 4 is 28.6 Å². The minimum absolute atomic E-state index is 0.171. The van der Waals surface area contributed by atoms with Crippen LogP contribution < -0.4 is 0 Å². The van der Waals surface area contributed by atoms with E-state index in [2.05, 4.69) is 0 Å². The first-order valence-electron chi connectivity index (χ1n) is 4.96. The molecule has 0 aliphatic carbocycles. The molecule has 0 radical (unpaired) electrons. The Labute approximate surface area is 108 Å². The van der Waals surface area contributed by atoms with Crippen LogP contribution in [0.2, 0.25) is 0 Å². The van der Waals surface area contributed by atoms with Crippen LogP contribution >= 0.6 is 22.7 Å². The van der Waals surface area contributed by atoms with Gasteiger partial charge >= 0.3 is 5.97 Å². The van der Waals surface area contributed by atoms with Gasteiger partial charge in [-0.3, -0.25) is 0 Å². The van der Waals surface area contributed by atoms with Gasteiger partial charge in [0.15, 0.2) is 0 Å². The summed E-state index contributed by atoms with van der Waals surface area (Å²) in [5.74, 6) is -0.848. The quantitative estimate of drug-likeness (QED) is 0.880. The van der Waals surface area contributed by atoms with Gasteiger partial charge in [-0.2, -0.15) is 0 Å². The van der Waals surface area contributed by atoms with E-state index >= 15 is 0 Å². The summed E-state index contributed by atoms with van der Waals surface area (Å²) >= 11 is 3.12. The van der Waals surface area contributed by atoms with Crippen molar-refractivity contribution in [1.82, 2.24) is 0 Å². The lowest BCUT2D eigenvalue weighted by atomic mass is 10.3. The van der Waals surface area contributed by atoms with Crippen molar-refractivity contribution in [2.45, 2.75) is 20.5 Å². The third-order valence-electron chi connectivity index (χ3n) is 1.94. The van der Waals surface area contributed by atoms with E-state index in [0.717, 1.165) is 10.4 Å². The number of rotatable bonds is 2. The van der Waals surface area contributed by atoms with E-state index in [0.29, 0.717) is 5.56 Å². The maximum absolute atomic E-state index is 10.2. The summed E-state index contributed by atoms with van der Waals surface area (Å²) in [6.07, 6.45) is 0. The first-order valence-corrected chi connectivity index (χ1v) is 6.72. The highest BCUT2D eigenvalue weighted by atomic mass is 32.1. The third-order valence-corrected chi connectivity index (χ3v) is 3.72. The summed E-state index contributed by atoms with van der Waals surface area (Å²) in [5.41, 5.74) is 1.41. The number of thiophene rings is 2. The van der Waals surface area contributed by atoms with Crippen LogP contribution in [0.1, 0.15) is 25.7 Å². The minimum Gasteiger partial charge on any atom is -0.478 e. The molecule has 2 N–H and O–H groups in total. The van der Waals surface area contributed by atoms with Gasteiger partial charge in [-0.25, -0.2) is 4.79 Å². The molecule has 0 aliphatic rings. The van der Waals surface area contributed by atoms with Gasteiger partial charge in [-0.05, 0) is 36.9 Å². The zero-order valence-electron chi connectivity index (χ0n) is 9.64. The molecule has 3 nitrogen and oxygen atoms in total. The molecule has 2 rings (SSSR count). The Morgan fingerprint density at radius 2 is 1.76 bits per heavy atom. The number of aryl methyl sites for hydroxylation is 2. The molecule has 2 aromatic heterocycles. The predicted octanol–water partition coefficient (Wildman–Crippen LogP) is 3.30. The fourth-order valence-electron chi connectivity index (χ4n) is 1.14. The second kappa shape index (κ2) is 6.54. The second-order valence-corrected chi connectivity index (χ2v) is 5.71. The lowest BCUT2D eigenvalue weighted by Gasteiger charge is -1.80. The highest BCUT2D eigenvalue weighted by Crippen LogP contribution is 2.12. The van der Waals surface area contributed by atoms with E-state index < -0.39 is 5.97 Å². The average Bonchev–Trinajstić information content (AvgIpc) is 2.88. The van der Waals surface area contributed by atoms with Gasteiger partial charge in [0.25, 0.3) is 0 Å². The molecule has 2 heterocycles. The molecular weight excluding hydrogens is 256 g/mol. The van der Waals surface area contributed by atoms with Crippen molar-refractivity contribution in [2.75, 3.05) is 0 Å². The first-order chi connectivity index (χ1) is 8.02. The molecule has 5 heteroatoms. The summed E-state index contributed by atoms with van der Waals surface area (Å²) in [4.78, 5) is 12.5. The highest BCUT2D eigenvalue weighted by Gasteiger charge is 2.02. The zero-order valence-corrected chi connectivity index (χ0v) is 11.3. The van der Waals surface area contributed by atoms with Crippen molar-refractivity contribution in [3.63, 3.8) is 0 Å². The van der Waals surface area contributed by atoms with Gasteiger partial charge in [-0.15, -0.1) is 22.7 Å². The van der Waals surface area contributed by atoms with Gasteiger partial charge < -0.3 is 10.2 Å². The van der Waals surface area contributed by atoms with Crippen molar-refractivity contribution in [1.29, 1.82) is 0 Å². The topological polar surface area (TPSA) is 57.5 Å². The molecule has 2 aromatic rings. The fraction of sp³-hybridized carbons (Fsp3) is 0.250. The van der Waals surface area contributed by atoms with Gasteiger partial charge in [0.2, 0.25) is 0 Å². The lowest BCUT2D eigenvalue weighted by molar-refractivity contribution is 0.0697. The molecule has 0 aliphatic heterocycles. The van der Waals surface area contributed by atoms with Crippen LogP contribution in [0.15, 0.2) is 22.9 Å². The van der Waals surface area contributed by atoms with Crippen molar-refractivity contribution in [3.8, 4) is 0 Å². The Kier molecular flexibility index (Phi) is 5.34. The maximum atomic E-state index is 10.2. The normalized spacial score (nSPS) is 9.59. The maximum Gasteiger partial charge on any atom is 0.336 e. The molecule has 0 bridgehead atoms. The Morgan fingerprint density at radius 3 is 2.00 bits per heavy atom. The Balaban J connectivity index is 0.000000171. The van der Waals surface area contributed by atoms with E-state index in [-0.39, 0.29) is 6.61 Å². The molecule has 0 spiro atoms. The van der Waals surface area contributed by atoms with Crippen LogP contribution in [0.5, 0.6) is 0 Å². The number of aliphatic hydroxyl groups excluding tert-OH is 1. The van der Waals surface area contributed by atoms with Gasteiger partial charge in [0.05, 0.1) is 12.2 Å². The summed E-state index contributed by atoms with van der Waals surface area (Å²) < 4.78 is 0. The Hall–Kier alpha value is -1.17. The minimum atomic E-state index is -0.848. The first kappa shape index (κ1) is 13.9. The molecule has 92 valence electrons. The molecule has 0 saturated carbocycles. The van der Waals surface area contributed by atoms with Crippen LogP contribution in [0.3, 0.4) is 0 Å². The van der Waals surface area contributed by atoms with Crippen LogP contribution in [0.4, 0.5) is 0 Å². The Bertz CT molecular complexity index is 485. The summed E-state index contributed by atoms with van der Waals surface area (Å²) in [6.45, 7) is 4.09. The zero-order chi connectivity index (χ0) is 12.8. The Morgan fingerprint density at radius 1 is 1.18 bits per heavy atom. The number of hydrogen-bond acceptors (Lipinski definition) is 4. The van der Waals surface area contributed by atoms with Crippen LogP contribution in [-0.4, -0.2) is 16.2 Å². The largest absolute Gasteiger partial charge is 0.478 e. The van der Waals surface area contributed by atoms with Gasteiger partial charge in [0, 0.05) is 15.1 Å². The summed E-state index contributed by atoms with van der Waals surface area (Å²) in [6, 6.07) is 3.65. The van der Waals surface area contributed by atoms with Crippen LogP contribution in [0, 0.1) is 13.8 Å².